The first-order chi connectivity index (χ1) is 10.7. The molecule has 2 rings (SSSR count). The molecule has 2 N–H and O–H groups in total. The molecular formula is C15H22N4O3. The van der Waals surface area contributed by atoms with Crippen molar-refractivity contribution in [2.45, 2.75) is 25.5 Å². The fraction of sp³-hybridized carbons (Fsp3) is 0.533. The number of carbonyl (C=O) groups is 2. The molecular weight excluding hydrogens is 284 g/mol. The number of imide groups is 1. The average Bonchev–Trinajstić information content (AvgIpc) is 3.00. The first-order valence-corrected chi connectivity index (χ1v) is 7.42. The number of amides is 3. The fourth-order valence-electron chi connectivity index (χ4n) is 2.44. The largest absolute Gasteiger partial charge is 0.377 e. The predicted octanol–water partition coefficient (Wildman–Crippen LogP) is 0.518. The number of nitrogens with zero attached hydrogens (tertiary/aromatic N) is 2. The molecule has 1 saturated heterocycles. The summed E-state index contributed by atoms with van der Waals surface area (Å²) in [4.78, 5) is 29.2. The summed E-state index contributed by atoms with van der Waals surface area (Å²) in [5, 5.41) is 4.65. The van der Waals surface area contributed by atoms with Gasteiger partial charge in [-0.2, -0.15) is 0 Å². The SMILES string of the molecule is CNC(=O)NC(=O)CN(Cc1cccnc1)C[C@H]1CCCO1. The molecule has 1 aliphatic heterocycles. The maximum absolute atomic E-state index is 11.9. The molecule has 0 bridgehead atoms. The van der Waals surface area contributed by atoms with Crippen LogP contribution in [0.3, 0.4) is 0 Å². The highest BCUT2D eigenvalue weighted by atomic mass is 16.5. The van der Waals surface area contributed by atoms with E-state index in [0.717, 1.165) is 25.0 Å². The molecule has 22 heavy (non-hydrogen) atoms. The molecule has 0 spiro atoms. The van der Waals surface area contributed by atoms with Crippen molar-refractivity contribution in [1.82, 2.24) is 20.5 Å². The monoisotopic (exact) mass is 306 g/mol. The van der Waals surface area contributed by atoms with Crippen molar-refractivity contribution in [2.24, 2.45) is 0 Å². The third-order valence-electron chi connectivity index (χ3n) is 3.46. The topological polar surface area (TPSA) is 83.6 Å². The van der Waals surface area contributed by atoms with Crippen LogP contribution in [0.5, 0.6) is 0 Å². The summed E-state index contributed by atoms with van der Waals surface area (Å²) in [5.74, 6) is -0.332. The molecule has 0 aliphatic carbocycles. The lowest BCUT2D eigenvalue weighted by Gasteiger charge is -2.24. The third-order valence-corrected chi connectivity index (χ3v) is 3.46. The van der Waals surface area contributed by atoms with E-state index in [4.69, 9.17) is 4.74 Å². The first-order valence-electron chi connectivity index (χ1n) is 7.42. The van der Waals surface area contributed by atoms with Crippen LogP contribution in [0.4, 0.5) is 4.79 Å². The molecule has 0 unspecified atom stereocenters. The van der Waals surface area contributed by atoms with Crippen molar-refractivity contribution in [3.8, 4) is 0 Å². The lowest BCUT2D eigenvalue weighted by atomic mass is 10.2. The van der Waals surface area contributed by atoms with Crippen LogP contribution in [0.25, 0.3) is 0 Å². The van der Waals surface area contributed by atoms with Gasteiger partial charge in [-0.15, -0.1) is 0 Å². The van der Waals surface area contributed by atoms with E-state index < -0.39 is 6.03 Å². The number of ether oxygens (including phenoxy) is 1. The van der Waals surface area contributed by atoms with Crippen LogP contribution >= 0.6 is 0 Å². The average molecular weight is 306 g/mol. The minimum atomic E-state index is -0.497. The molecule has 3 amide bonds. The smallest absolute Gasteiger partial charge is 0.321 e. The van der Waals surface area contributed by atoms with Crippen molar-refractivity contribution in [3.05, 3.63) is 30.1 Å². The highest BCUT2D eigenvalue weighted by Crippen LogP contribution is 2.14. The lowest BCUT2D eigenvalue weighted by molar-refractivity contribution is -0.121. The number of hydrogen-bond acceptors (Lipinski definition) is 5. The first kappa shape index (κ1) is 16.4. The molecule has 2 heterocycles. The highest BCUT2D eigenvalue weighted by Gasteiger charge is 2.21. The minimum absolute atomic E-state index is 0.141. The highest BCUT2D eigenvalue weighted by molar-refractivity contribution is 5.95. The molecule has 0 aromatic carbocycles. The van der Waals surface area contributed by atoms with Gasteiger partial charge in [-0.05, 0) is 24.5 Å². The van der Waals surface area contributed by atoms with Crippen molar-refractivity contribution in [2.75, 3.05) is 26.7 Å². The number of urea groups is 1. The number of rotatable bonds is 6. The second-order valence-corrected chi connectivity index (χ2v) is 5.29. The molecule has 1 atom stereocenters. The molecule has 1 fully saturated rings. The van der Waals surface area contributed by atoms with Crippen molar-refractivity contribution in [1.29, 1.82) is 0 Å². The quantitative estimate of drug-likeness (QED) is 0.800. The molecule has 1 aromatic rings. The van der Waals surface area contributed by atoms with Crippen LogP contribution in [0, 0.1) is 0 Å². The van der Waals surface area contributed by atoms with Gasteiger partial charge in [0.25, 0.3) is 0 Å². The molecule has 1 aromatic heterocycles. The number of aromatic nitrogens is 1. The Morgan fingerprint density at radius 2 is 2.36 bits per heavy atom. The zero-order chi connectivity index (χ0) is 15.8. The van der Waals surface area contributed by atoms with Gasteiger partial charge in [-0.25, -0.2) is 4.79 Å². The summed E-state index contributed by atoms with van der Waals surface area (Å²) in [5.41, 5.74) is 1.02. The number of hydrogen-bond donors (Lipinski definition) is 2. The summed E-state index contributed by atoms with van der Waals surface area (Å²) in [6.45, 7) is 2.17. The number of nitrogens with one attached hydrogen (secondary N) is 2. The van der Waals surface area contributed by atoms with Gasteiger partial charge in [0.1, 0.15) is 0 Å². The molecule has 7 heteroatoms. The number of pyridine rings is 1. The summed E-state index contributed by atoms with van der Waals surface area (Å²) in [6.07, 6.45) is 5.69. The molecule has 0 radical (unpaired) electrons. The summed E-state index contributed by atoms with van der Waals surface area (Å²) >= 11 is 0. The van der Waals surface area contributed by atoms with E-state index in [-0.39, 0.29) is 18.6 Å². The summed E-state index contributed by atoms with van der Waals surface area (Å²) in [7, 11) is 1.47. The van der Waals surface area contributed by atoms with Crippen LogP contribution in [0.1, 0.15) is 18.4 Å². The van der Waals surface area contributed by atoms with Crippen LogP contribution in [0.15, 0.2) is 24.5 Å². The van der Waals surface area contributed by atoms with Gasteiger partial charge in [0.15, 0.2) is 0 Å². The van der Waals surface area contributed by atoms with E-state index in [1.54, 1.807) is 12.4 Å². The van der Waals surface area contributed by atoms with E-state index >= 15 is 0 Å². The lowest BCUT2D eigenvalue weighted by Crippen LogP contribution is -2.44. The Morgan fingerprint density at radius 1 is 1.50 bits per heavy atom. The zero-order valence-corrected chi connectivity index (χ0v) is 12.7. The van der Waals surface area contributed by atoms with Gasteiger partial charge in [-0.3, -0.25) is 20.0 Å². The molecule has 1 aliphatic rings. The second kappa shape index (κ2) is 8.45. The van der Waals surface area contributed by atoms with E-state index in [2.05, 4.69) is 15.6 Å². The van der Waals surface area contributed by atoms with E-state index in [1.807, 2.05) is 17.0 Å². The molecule has 0 saturated carbocycles. The third kappa shape index (κ3) is 5.42. The van der Waals surface area contributed by atoms with Gasteiger partial charge in [0.2, 0.25) is 5.91 Å². The Labute approximate surface area is 130 Å². The van der Waals surface area contributed by atoms with Crippen molar-refractivity contribution in [3.63, 3.8) is 0 Å². The van der Waals surface area contributed by atoms with Gasteiger partial charge in [-0.1, -0.05) is 6.07 Å². The normalized spacial score (nSPS) is 17.5. The maximum atomic E-state index is 11.9. The Hall–Kier alpha value is -1.99. The minimum Gasteiger partial charge on any atom is -0.377 e. The molecule has 120 valence electrons. The van der Waals surface area contributed by atoms with Crippen LogP contribution in [-0.2, 0) is 16.1 Å². The Balaban J connectivity index is 1.94. The van der Waals surface area contributed by atoms with E-state index in [9.17, 15) is 9.59 Å². The van der Waals surface area contributed by atoms with Crippen molar-refractivity contribution >= 4 is 11.9 Å². The summed E-state index contributed by atoms with van der Waals surface area (Å²) < 4.78 is 5.64. The van der Waals surface area contributed by atoms with Crippen molar-refractivity contribution < 1.29 is 14.3 Å². The second-order valence-electron chi connectivity index (χ2n) is 5.29. The maximum Gasteiger partial charge on any atom is 0.321 e. The Morgan fingerprint density at radius 3 is 3.00 bits per heavy atom. The predicted molar refractivity (Wildman–Crippen MR) is 81.1 cm³/mol. The Kier molecular flexibility index (Phi) is 6.29. The number of carbonyl (C=O) groups excluding carboxylic acids is 2. The van der Waals surface area contributed by atoms with E-state index in [1.165, 1.54) is 7.05 Å². The summed E-state index contributed by atoms with van der Waals surface area (Å²) in [6, 6.07) is 3.33. The van der Waals surface area contributed by atoms with Gasteiger partial charge in [0, 0.05) is 39.1 Å². The van der Waals surface area contributed by atoms with Crippen LogP contribution in [-0.4, -0.2) is 54.7 Å². The molecule has 7 nitrogen and oxygen atoms in total. The zero-order valence-electron chi connectivity index (χ0n) is 12.7. The Bertz CT molecular complexity index is 489. The van der Waals surface area contributed by atoms with Gasteiger partial charge < -0.3 is 10.1 Å². The van der Waals surface area contributed by atoms with Gasteiger partial charge >= 0.3 is 6.03 Å². The standard InChI is InChI=1S/C15H22N4O3/c1-16-15(21)18-14(20)11-19(10-13-5-3-7-22-13)9-12-4-2-6-17-8-12/h2,4,6,8,13H,3,5,7,9-11H2,1H3,(H2,16,18,20,21)/t13-/m1/s1. The van der Waals surface area contributed by atoms with Gasteiger partial charge in [0.05, 0.1) is 12.6 Å². The fourth-order valence-corrected chi connectivity index (χ4v) is 2.44. The van der Waals surface area contributed by atoms with E-state index in [0.29, 0.717) is 13.1 Å². The van der Waals surface area contributed by atoms with Crippen LogP contribution < -0.4 is 10.6 Å². The van der Waals surface area contributed by atoms with Crippen LogP contribution in [0.2, 0.25) is 0 Å².